The van der Waals surface area contributed by atoms with Crippen LogP contribution in [0, 0.1) is 0 Å². The van der Waals surface area contributed by atoms with Gasteiger partial charge in [0.05, 0.1) is 13.2 Å². The van der Waals surface area contributed by atoms with E-state index < -0.39 is 6.03 Å². The highest BCUT2D eigenvalue weighted by Crippen LogP contribution is 2.14. The van der Waals surface area contributed by atoms with Gasteiger partial charge in [-0.1, -0.05) is 0 Å². The van der Waals surface area contributed by atoms with Crippen molar-refractivity contribution in [2.45, 2.75) is 12.5 Å². The number of benzene rings is 1. The fourth-order valence-corrected chi connectivity index (χ4v) is 1.97. The van der Waals surface area contributed by atoms with Gasteiger partial charge in [-0.05, 0) is 24.3 Å². The summed E-state index contributed by atoms with van der Waals surface area (Å²) in [7, 11) is 0. The molecule has 1 aromatic carbocycles. The van der Waals surface area contributed by atoms with Gasteiger partial charge in [-0.3, -0.25) is 4.79 Å². The number of rotatable bonds is 4. The minimum atomic E-state index is -0.620. The van der Waals surface area contributed by atoms with Gasteiger partial charge in [-0.25, -0.2) is 4.79 Å². The lowest BCUT2D eigenvalue weighted by Crippen LogP contribution is -2.43. The van der Waals surface area contributed by atoms with Crippen molar-refractivity contribution < 1.29 is 14.3 Å². The van der Waals surface area contributed by atoms with Crippen LogP contribution < -0.4 is 21.7 Å². The van der Waals surface area contributed by atoms with E-state index in [4.69, 9.17) is 10.5 Å². The second-order valence-corrected chi connectivity index (χ2v) is 4.54. The summed E-state index contributed by atoms with van der Waals surface area (Å²) in [4.78, 5) is 22.5. The Morgan fingerprint density at radius 2 is 1.86 bits per heavy atom. The summed E-state index contributed by atoms with van der Waals surface area (Å²) < 4.78 is 5.29. The Balaban J connectivity index is 0.00000220. The van der Waals surface area contributed by atoms with E-state index >= 15 is 0 Å². The number of halogens is 1. The van der Waals surface area contributed by atoms with Crippen LogP contribution in [-0.4, -0.2) is 37.7 Å². The maximum absolute atomic E-state index is 11.8. The molecular weight excluding hydrogens is 296 g/mol. The van der Waals surface area contributed by atoms with Crippen LogP contribution in [0.25, 0.3) is 0 Å². The highest BCUT2D eigenvalue weighted by atomic mass is 35.5. The van der Waals surface area contributed by atoms with E-state index in [2.05, 4.69) is 16.0 Å². The van der Waals surface area contributed by atoms with Gasteiger partial charge in [-0.2, -0.15) is 0 Å². The van der Waals surface area contributed by atoms with E-state index in [1.807, 2.05) is 0 Å². The summed E-state index contributed by atoms with van der Waals surface area (Å²) in [5, 5.41) is 8.46. The zero-order chi connectivity index (χ0) is 14.4. The highest BCUT2D eigenvalue weighted by Gasteiger charge is 2.16. The summed E-state index contributed by atoms with van der Waals surface area (Å²) in [5.41, 5.74) is 6.26. The summed E-state index contributed by atoms with van der Waals surface area (Å²) in [6.45, 7) is 2.01. The van der Waals surface area contributed by atoms with Crippen LogP contribution in [0.15, 0.2) is 24.3 Å². The Kier molecular flexibility index (Phi) is 6.93. The Hall–Kier alpha value is -1.83. The lowest BCUT2D eigenvalue weighted by Gasteiger charge is -2.23. The first-order valence-corrected chi connectivity index (χ1v) is 6.41. The molecule has 0 spiro atoms. The van der Waals surface area contributed by atoms with Crippen LogP contribution >= 0.6 is 12.4 Å². The summed E-state index contributed by atoms with van der Waals surface area (Å²) in [5.74, 6) is -0.0800. The number of hydrogen-bond acceptors (Lipinski definition) is 4. The Labute approximate surface area is 129 Å². The quantitative estimate of drug-likeness (QED) is 0.663. The molecule has 0 bridgehead atoms. The maximum Gasteiger partial charge on any atom is 0.316 e. The summed E-state index contributed by atoms with van der Waals surface area (Å²) >= 11 is 0. The van der Waals surface area contributed by atoms with E-state index in [-0.39, 0.29) is 24.4 Å². The molecular formula is C13H19ClN4O3. The Morgan fingerprint density at radius 3 is 2.38 bits per heavy atom. The van der Waals surface area contributed by atoms with Crippen molar-refractivity contribution in [3.8, 4) is 0 Å². The third kappa shape index (κ3) is 5.99. The molecule has 8 heteroatoms. The van der Waals surface area contributed by atoms with Gasteiger partial charge < -0.3 is 26.4 Å². The molecule has 1 fully saturated rings. The average Bonchev–Trinajstić information content (AvgIpc) is 2.41. The van der Waals surface area contributed by atoms with Gasteiger partial charge in [-0.15, -0.1) is 12.4 Å². The standard InChI is InChI=1S/C13H18N4O3.ClH/c14-13(19)17-10-3-1-9(2-4-10)16-12(18)7-11-8-20-6-5-15-11;/h1-4,11,15H,5-8H2,(H,16,18)(H3,14,17,19);1H. The molecule has 21 heavy (non-hydrogen) atoms. The third-order valence-electron chi connectivity index (χ3n) is 2.87. The second kappa shape index (κ2) is 8.46. The number of amides is 3. The lowest BCUT2D eigenvalue weighted by atomic mass is 10.2. The van der Waals surface area contributed by atoms with Gasteiger partial charge >= 0.3 is 6.03 Å². The Bertz CT molecular complexity index is 475. The van der Waals surface area contributed by atoms with Crippen LogP contribution in [0.3, 0.4) is 0 Å². The largest absolute Gasteiger partial charge is 0.378 e. The fraction of sp³-hybridized carbons (Fsp3) is 0.385. The van der Waals surface area contributed by atoms with E-state index in [0.29, 0.717) is 31.0 Å². The van der Waals surface area contributed by atoms with Crippen molar-refractivity contribution in [3.05, 3.63) is 24.3 Å². The molecule has 0 saturated carbocycles. The smallest absolute Gasteiger partial charge is 0.316 e. The zero-order valence-corrected chi connectivity index (χ0v) is 12.2. The van der Waals surface area contributed by atoms with Crippen molar-refractivity contribution in [1.29, 1.82) is 0 Å². The number of nitrogens with two attached hydrogens (primary N) is 1. The number of urea groups is 1. The number of carbonyl (C=O) groups is 2. The molecule has 1 aliphatic heterocycles. The van der Waals surface area contributed by atoms with Gasteiger partial charge in [0.25, 0.3) is 0 Å². The maximum atomic E-state index is 11.8. The molecule has 5 N–H and O–H groups in total. The zero-order valence-electron chi connectivity index (χ0n) is 11.4. The molecule has 1 aromatic rings. The third-order valence-corrected chi connectivity index (χ3v) is 2.87. The minimum Gasteiger partial charge on any atom is -0.378 e. The number of primary amides is 1. The van der Waals surface area contributed by atoms with Crippen LogP contribution in [0.5, 0.6) is 0 Å². The normalized spacial score (nSPS) is 17.4. The van der Waals surface area contributed by atoms with Crippen LogP contribution in [0.2, 0.25) is 0 Å². The topological polar surface area (TPSA) is 105 Å². The lowest BCUT2D eigenvalue weighted by molar-refractivity contribution is -0.117. The van der Waals surface area contributed by atoms with Crippen LogP contribution in [-0.2, 0) is 9.53 Å². The van der Waals surface area contributed by atoms with Crippen LogP contribution in [0.4, 0.5) is 16.2 Å². The SMILES string of the molecule is Cl.NC(=O)Nc1ccc(NC(=O)CC2COCCN2)cc1. The van der Waals surface area contributed by atoms with E-state index in [1.54, 1.807) is 24.3 Å². The molecule has 116 valence electrons. The number of anilines is 2. The van der Waals surface area contributed by atoms with Crippen molar-refractivity contribution in [3.63, 3.8) is 0 Å². The number of ether oxygens (including phenoxy) is 1. The molecule has 1 saturated heterocycles. The first kappa shape index (κ1) is 17.2. The summed E-state index contributed by atoms with van der Waals surface area (Å²) in [6, 6.07) is 6.18. The fourth-order valence-electron chi connectivity index (χ4n) is 1.97. The van der Waals surface area contributed by atoms with Gasteiger partial charge in [0, 0.05) is 30.4 Å². The van der Waals surface area contributed by atoms with E-state index in [9.17, 15) is 9.59 Å². The molecule has 0 aromatic heterocycles. The molecule has 1 aliphatic rings. The van der Waals surface area contributed by atoms with Crippen molar-refractivity contribution in [2.75, 3.05) is 30.4 Å². The van der Waals surface area contributed by atoms with Crippen molar-refractivity contribution in [2.24, 2.45) is 5.73 Å². The number of morpholine rings is 1. The molecule has 1 unspecified atom stereocenters. The van der Waals surface area contributed by atoms with Gasteiger partial charge in [0.1, 0.15) is 0 Å². The predicted octanol–water partition coefficient (Wildman–Crippen LogP) is 0.916. The molecule has 1 heterocycles. The highest BCUT2D eigenvalue weighted by molar-refractivity contribution is 5.92. The molecule has 7 nitrogen and oxygen atoms in total. The number of nitrogens with one attached hydrogen (secondary N) is 3. The molecule has 0 radical (unpaired) electrons. The van der Waals surface area contributed by atoms with E-state index in [1.165, 1.54) is 0 Å². The second-order valence-electron chi connectivity index (χ2n) is 4.54. The first-order chi connectivity index (χ1) is 9.63. The van der Waals surface area contributed by atoms with Crippen molar-refractivity contribution >= 4 is 35.7 Å². The number of carbonyl (C=O) groups excluding carboxylic acids is 2. The first-order valence-electron chi connectivity index (χ1n) is 6.41. The van der Waals surface area contributed by atoms with Gasteiger partial charge in [0.2, 0.25) is 5.91 Å². The number of hydrogen-bond donors (Lipinski definition) is 4. The van der Waals surface area contributed by atoms with Gasteiger partial charge in [0.15, 0.2) is 0 Å². The minimum absolute atomic E-state index is 0. The van der Waals surface area contributed by atoms with E-state index in [0.717, 1.165) is 6.54 Å². The van der Waals surface area contributed by atoms with Crippen molar-refractivity contribution in [1.82, 2.24) is 5.32 Å². The Morgan fingerprint density at radius 1 is 1.24 bits per heavy atom. The molecule has 0 aliphatic carbocycles. The predicted molar refractivity (Wildman–Crippen MR) is 82.8 cm³/mol. The molecule has 3 amide bonds. The average molecular weight is 315 g/mol. The van der Waals surface area contributed by atoms with Crippen LogP contribution in [0.1, 0.15) is 6.42 Å². The molecule has 2 rings (SSSR count). The summed E-state index contributed by atoms with van der Waals surface area (Å²) in [6.07, 6.45) is 0.362. The molecule has 1 atom stereocenters. The monoisotopic (exact) mass is 314 g/mol.